The molecule has 6 heteroatoms. The van der Waals surface area contributed by atoms with E-state index in [1.54, 1.807) is 12.4 Å². The van der Waals surface area contributed by atoms with Crippen LogP contribution in [0.1, 0.15) is 5.56 Å². The molecule has 0 amide bonds. The van der Waals surface area contributed by atoms with Crippen molar-refractivity contribution < 1.29 is 0 Å². The van der Waals surface area contributed by atoms with Crippen molar-refractivity contribution in [2.24, 2.45) is 5.73 Å². The molecule has 2 aromatic rings. The van der Waals surface area contributed by atoms with Gasteiger partial charge in [-0.1, -0.05) is 0 Å². The lowest BCUT2D eigenvalue weighted by atomic mass is 10.3. The van der Waals surface area contributed by atoms with E-state index in [9.17, 15) is 0 Å². The first-order chi connectivity index (χ1) is 8.88. The van der Waals surface area contributed by atoms with Crippen molar-refractivity contribution in [3.05, 3.63) is 42.5 Å². The fraction of sp³-hybridized carbons (Fsp3) is 0.250. The summed E-state index contributed by atoms with van der Waals surface area (Å²) in [6.45, 7) is 1.97. The first-order valence-electron chi connectivity index (χ1n) is 5.77. The Bertz CT molecular complexity index is 473. The van der Waals surface area contributed by atoms with E-state index >= 15 is 0 Å². The van der Waals surface area contributed by atoms with Crippen LogP contribution in [0.2, 0.25) is 0 Å². The van der Waals surface area contributed by atoms with Gasteiger partial charge >= 0.3 is 0 Å². The number of pyridine rings is 1. The predicted octanol–water partition coefficient (Wildman–Crippen LogP) is 0.854. The lowest BCUT2D eigenvalue weighted by Gasteiger charge is -2.07. The number of anilines is 2. The van der Waals surface area contributed by atoms with Crippen LogP contribution in [-0.4, -0.2) is 28.0 Å². The van der Waals surface area contributed by atoms with Gasteiger partial charge in [0.2, 0.25) is 0 Å². The molecule has 0 atom stereocenters. The number of hydrogen-bond donors (Lipinski definition) is 3. The number of rotatable bonds is 6. The van der Waals surface area contributed by atoms with Crippen molar-refractivity contribution in [3.63, 3.8) is 0 Å². The molecule has 0 aliphatic rings. The monoisotopic (exact) mass is 244 g/mol. The van der Waals surface area contributed by atoms with Crippen LogP contribution >= 0.6 is 0 Å². The fourth-order valence-electron chi connectivity index (χ4n) is 1.44. The first-order valence-corrected chi connectivity index (χ1v) is 5.77. The Morgan fingerprint density at radius 3 is 2.50 bits per heavy atom. The molecule has 0 radical (unpaired) electrons. The molecule has 0 aliphatic carbocycles. The molecule has 0 aliphatic heterocycles. The smallest absolute Gasteiger partial charge is 0.131 e. The Balaban J connectivity index is 1.93. The maximum absolute atomic E-state index is 5.42. The zero-order chi connectivity index (χ0) is 12.6. The standard InChI is InChI=1S/C12H16N6/c13-3-6-15-11-7-12(18-9-17-11)16-8-10-1-4-14-5-2-10/h1-2,4-5,7,9H,3,6,8,13H2,(H2,15,16,17,18). The van der Waals surface area contributed by atoms with Crippen LogP contribution in [-0.2, 0) is 6.54 Å². The predicted molar refractivity (Wildman–Crippen MR) is 71.1 cm³/mol. The van der Waals surface area contributed by atoms with Crippen LogP contribution in [0.3, 0.4) is 0 Å². The topological polar surface area (TPSA) is 88.8 Å². The third-order valence-corrected chi connectivity index (χ3v) is 2.34. The third kappa shape index (κ3) is 3.67. The minimum atomic E-state index is 0.573. The molecule has 0 saturated carbocycles. The largest absolute Gasteiger partial charge is 0.369 e. The first kappa shape index (κ1) is 12.3. The Kier molecular flexibility index (Phi) is 4.43. The van der Waals surface area contributed by atoms with E-state index in [0.717, 1.165) is 17.2 Å². The summed E-state index contributed by atoms with van der Waals surface area (Å²) in [6.07, 6.45) is 5.06. The molecule has 0 spiro atoms. The zero-order valence-corrected chi connectivity index (χ0v) is 10.0. The summed E-state index contributed by atoms with van der Waals surface area (Å²) in [5.41, 5.74) is 6.57. The molecule has 2 rings (SSSR count). The molecule has 4 N–H and O–H groups in total. The second-order valence-corrected chi connectivity index (χ2v) is 3.71. The highest BCUT2D eigenvalue weighted by Crippen LogP contribution is 2.09. The molecule has 0 bridgehead atoms. The lowest BCUT2D eigenvalue weighted by molar-refractivity contribution is 1.00. The summed E-state index contributed by atoms with van der Waals surface area (Å²) in [5, 5.41) is 6.33. The lowest BCUT2D eigenvalue weighted by Crippen LogP contribution is -2.14. The summed E-state index contributed by atoms with van der Waals surface area (Å²) in [6, 6.07) is 5.78. The van der Waals surface area contributed by atoms with Crippen LogP contribution in [0.4, 0.5) is 11.6 Å². The number of nitrogens with zero attached hydrogens (tertiary/aromatic N) is 3. The highest BCUT2D eigenvalue weighted by molar-refractivity contribution is 5.46. The van der Waals surface area contributed by atoms with Gasteiger partial charge in [-0.25, -0.2) is 9.97 Å². The second kappa shape index (κ2) is 6.51. The van der Waals surface area contributed by atoms with E-state index in [2.05, 4.69) is 25.6 Å². The number of aromatic nitrogens is 3. The SMILES string of the molecule is NCCNc1cc(NCc2ccncc2)ncn1. The van der Waals surface area contributed by atoms with E-state index in [1.165, 1.54) is 6.33 Å². The van der Waals surface area contributed by atoms with Crippen molar-refractivity contribution in [2.75, 3.05) is 23.7 Å². The van der Waals surface area contributed by atoms with E-state index < -0.39 is 0 Å². The van der Waals surface area contributed by atoms with Gasteiger partial charge in [-0.15, -0.1) is 0 Å². The van der Waals surface area contributed by atoms with Gasteiger partial charge in [0, 0.05) is 38.1 Å². The molecular weight excluding hydrogens is 228 g/mol. The highest BCUT2D eigenvalue weighted by atomic mass is 15.1. The van der Waals surface area contributed by atoms with Crippen molar-refractivity contribution in [1.29, 1.82) is 0 Å². The second-order valence-electron chi connectivity index (χ2n) is 3.71. The summed E-state index contributed by atoms with van der Waals surface area (Å²) < 4.78 is 0. The molecule has 0 aromatic carbocycles. The van der Waals surface area contributed by atoms with Gasteiger partial charge < -0.3 is 16.4 Å². The molecule has 0 saturated heterocycles. The van der Waals surface area contributed by atoms with Crippen molar-refractivity contribution >= 4 is 11.6 Å². The number of hydrogen-bond acceptors (Lipinski definition) is 6. The van der Waals surface area contributed by atoms with Gasteiger partial charge in [-0.05, 0) is 17.7 Å². The minimum Gasteiger partial charge on any atom is -0.369 e. The van der Waals surface area contributed by atoms with Crippen LogP contribution in [0.5, 0.6) is 0 Å². The minimum absolute atomic E-state index is 0.573. The Morgan fingerprint density at radius 1 is 1.06 bits per heavy atom. The molecule has 18 heavy (non-hydrogen) atoms. The molecule has 94 valence electrons. The Labute approximate surface area is 106 Å². The molecule has 6 nitrogen and oxygen atoms in total. The maximum Gasteiger partial charge on any atom is 0.131 e. The molecule has 2 aromatic heterocycles. The molecule has 0 fully saturated rings. The van der Waals surface area contributed by atoms with Gasteiger partial charge in [-0.3, -0.25) is 4.98 Å². The van der Waals surface area contributed by atoms with E-state index in [0.29, 0.717) is 19.6 Å². The van der Waals surface area contributed by atoms with Gasteiger partial charge in [0.1, 0.15) is 18.0 Å². The molecular formula is C12H16N6. The van der Waals surface area contributed by atoms with Gasteiger partial charge in [0.15, 0.2) is 0 Å². The van der Waals surface area contributed by atoms with Crippen molar-refractivity contribution in [1.82, 2.24) is 15.0 Å². The van der Waals surface area contributed by atoms with Gasteiger partial charge in [0.25, 0.3) is 0 Å². The quantitative estimate of drug-likeness (QED) is 0.698. The number of nitrogens with one attached hydrogen (secondary N) is 2. The Morgan fingerprint density at radius 2 is 1.78 bits per heavy atom. The van der Waals surface area contributed by atoms with Crippen molar-refractivity contribution in [3.8, 4) is 0 Å². The summed E-state index contributed by atoms with van der Waals surface area (Å²) >= 11 is 0. The average Bonchev–Trinajstić information content (AvgIpc) is 2.44. The van der Waals surface area contributed by atoms with E-state index in [-0.39, 0.29) is 0 Å². The van der Waals surface area contributed by atoms with Crippen LogP contribution in [0, 0.1) is 0 Å². The van der Waals surface area contributed by atoms with Crippen LogP contribution in [0.15, 0.2) is 36.9 Å². The van der Waals surface area contributed by atoms with Gasteiger partial charge in [-0.2, -0.15) is 0 Å². The molecule has 0 unspecified atom stereocenters. The number of nitrogens with two attached hydrogens (primary N) is 1. The summed E-state index contributed by atoms with van der Waals surface area (Å²) in [4.78, 5) is 12.2. The normalized spacial score (nSPS) is 10.1. The third-order valence-electron chi connectivity index (χ3n) is 2.34. The average molecular weight is 244 g/mol. The van der Waals surface area contributed by atoms with Crippen molar-refractivity contribution in [2.45, 2.75) is 6.54 Å². The Hall–Kier alpha value is -2.21. The van der Waals surface area contributed by atoms with Crippen LogP contribution in [0.25, 0.3) is 0 Å². The fourth-order valence-corrected chi connectivity index (χ4v) is 1.44. The summed E-state index contributed by atoms with van der Waals surface area (Å²) in [7, 11) is 0. The van der Waals surface area contributed by atoms with Crippen LogP contribution < -0.4 is 16.4 Å². The summed E-state index contributed by atoms with van der Waals surface area (Å²) in [5.74, 6) is 1.55. The van der Waals surface area contributed by atoms with E-state index in [1.807, 2.05) is 18.2 Å². The zero-order valence-electron chi connectivity index (χ0n) is 10.0. The molecule has 2 heterocycles. The van der Waals surface area contributed by atoms with Gasteiger partial charge in [0.05, 0.1) is 0 Å². The van der Waals surface area contributed by atoms with E-state index in [4.69, 9.17) is 5.73 Å². The highest BCUT2D eigenvalue weighted by Gasteiger charge is 1.98. The maximum atomic E-state index is 5.42.